The predicted molar refractivity (Wildman–Crippen MR) is 84.2 cm³/mol. The lowest BCUT2D eigenvalue weighted by Crippen LogP contribution is -2.30. The normalized spacial score (nSPS) is 12.0. The molecule has 1 unspecified atom stereocenters. The zero-order chi connectivity index (χ0) is 15.2. The number of ether oxygens (including phenoxy) is 1. The van der Waals surface area contributed by atoms with E-state index in [9.17, 15) is 4.39 Å². The van der Waals surface area contributed by atoms with Crippen LogP contribution < -0.4 is 15.4 Å². The van der Waals surface area contributed by atoms with Crippen molar-refractivity contribution in [3.8, 4) is 5.75 Å². The van der Waals surface area contributed by atoms with Crippen LogP contribution in [0.3, 0.4) is 0 Å². The van der Waals surface area contributed by atoms with Gasteiger partial charge >= 0.3 is 0 Å². The average Bonchev–Trinajstić information content (AvgIpc) is 2.50. The third-order valence-corrected chi connectivity index (χ3v) is 3.50. The van der Waals surface area contributed by atoms with Gasteiger partial charge in [-0.2, -0.15) is 0 Å². The molecule has 0 aliphatic heterocycles. The number of halogens is 1. The van der Waals surface area contributed by atoms with Crippen molar-refractivity contribution in [2.24, 2.45) is 5.73 Å². The lowest BCUT2D eigenvalue weighted by atomic mass is 10.0. The van der Waals surface area contributed by atoms with Crippen LogP contribution in [0.15, 0.2) is 48.5 Å². The summed E-state index contributed by atoms with van der Waals surface area (Å²) in [6.07, 6.45) is 0. The van der Waals surface area contributed by atoms with Gasteiger partial charge in [-0.05, 0) is 48.9 Å². The maximum Gasteiger partial charge on any atom is 0.123 e. The fourth-order valence-corrected chi connectivity index (χ4v) is 2.33. The van der Waals surface area contributed by atoms with Crippen molar-refractivity contribution in [2.45, 2.75) is 13.0 Å². The van der Waals surface area contributed by atoms with Crippen molar-refractivity contribution < 1.29 is 9.13 Å². The van der Waals surface area contributed by atoms with Crippen LogP contribution in [0.25, 0.3) is 0 Å². The molecule has 3 nitrogen and oxygen atoms in total. The molecule has 0 heterocycles. The molecule has 0 aromatic heterocycles. The second kappa shape index (κ2) is 7.09. The summed E-state index contributed by atoms with van der Waals surface area (Å²) in [6.45, 7) is 3.08. The van der Waals surface area contributed by atoms with Gasteiger partial charge in [0.1, 0.15) is 11.6 Å². The Kier molecular flexibility index (Phi) is 5.17. The van der Waals surface area contributed by atoms with Gasteiger partial charge < -0.3 is 15.4 Å². The molecule has 2 rings (SSSR count). The highest BCUT2D eigenvalue weighted by Gasteiger charge is 2.16. The Morgan fingerprint density at radius 1 is 1.10 bits per heavy atom. The Hall–Kier alpha value is -2.07. The van der Waals surface area contributed by atoms with Crippen LogP contribution in [0.5, 0.6) is 5.75 Å². The number of benzene rings is 2. The number of rotatable bonds is 6. The predicted octanol–water partition coefficient (Wildman–Crippen LogP) is 3.36. The third-order valence-electron chi connectivity index (χ3n) is 3.50. The Bertz CT molecular complexity index is 554. The summed E-state index contributed by atoms with van der Waals surface area (Å²) >= 11 is 0. The van der Waals surface area contributed by atoms with Gasteiger partial charge in [-0.3, -0.25) is 0 Å². The molecule has 4 heteroatoms. The third kappa shape index (κ3) is 3.73. The zero-order valence-electron chi connectivity index (χ0n) is 12.4. The van der Waals surface area contributed by atoms with E-state index in [1.165, 1.54) is 12.1 Å². The maximum atomic E-state index is 13.0. The zero-order valence-corrected chi connectivity index (χ0v) is 12.4. The molecule has 21 heavy (non-hydrogen) atoms. The summed E-state index contributed by atoms with van der Waals surface area (Å²) in [5, 5.41) is 0. The molecule has 112 valence electrons. The molecule has 0 spiro atoms. The first-order valence-corrected chi connectivity index (χ1v) is 7.07. The first-order valence-electron chi connectivity index (χ1n) is 7.07. The van der Waals surface area contributed by atoms with Crippen LogP contribution in [0, 0.1) is 5.82 Å². The summed E-state index contributed by atoms with van der Waals surface area (Å²) in [6, 6.07) is 14.4. The summed E-state index contributed by atoms with van der Waals surface area (Å²) in [5.74, 6) is 0.610. The highest BCUT2D eigenvalue weighted by molar-refractivity contribution is 5.48. The largest absolute Gasteiger partial charge is 0.494 e. The Balaban J connectivity index is 2.19. The minimum absolute atomic E-state index is 0.0335. The molecule has 0 aliphatic carbocycles. The van der Waals surface area contributed by atoms with E-state index < -0.39 is 0 Å². The van der Waals surface area contributed by atoms with Gasteiger partial charge in [-0.25, -0.2) is 4.39 Å². The smallest absolute Gasteiger partial charge is 0.123 e. The Labute approximate surface area is 125 Å². The van der Waals surface area contributed by atoms with Crippen molar-refractivity contribution in [3.05, 3.63) is 59.9 Å². The molecular weight excluding hydrogens is 267 g/mol. The topological polar surface area (TPSA) is 38.5 Å². The van der Waals surface area contributed by atoms with Gasteiger partial charge in [0.25, 0.3) is 0 Å². The molecule has 2 aromatic rings. The average molecular weight is 288 g/mol. The van der Waals surface area contributed by atoms with E-state index in [1.807, 2.05) is 38.2 Å². The van der Waals surface area contributed by atoms with Crippen LogP contribution in [-0.4, -0.2) is 20.2 Å². The van der Waals surface area contributed by atoms with Crippen molar-refractivity contribution in [2.75, 3.05) is 25.1 Å². The van der Waals surface area contributed by atoms with Crippen molar-refractivity contribution in [1.82, 2.24) is 0 Å². The Morgan fingerprint density at radius 2 is 1.71 bits per heavy atom. The highest BCUT2D eigenvalue weighted by atomic mass is 19.1. The van der Waals surface area contributed by atoms with E-state index in [2.05, 4.69) is 4.90 Å². The summed E-state index contributed by atoms with van der Waals surface area (Å²) in [7, 11) is 1.96. The molecule has 0 bridgehead atoms. The minimum Gasteiger partial charge on any atom is -0.494 e. The van der Waals surface area contributed by atoms with Gasteiger partial charge in [0.05, 0.1) is 12.6 Å². The molecule has 0 radical (unpaired) electrons. The molecule has 0 aliphatic rings. The van der Waals surface area contributed by atoms with Crippen LogP contribution in [-0.2, 0) is 0 Å². The van der Waals surface area contributed by atoms with Crippen molar-refractivity contribution >= 4 is 5.69 Å². The fraction of sp³-hybridized carbons (Fsp3) is 0.294. The first-order chi connectivity index (χ1) is 10.2. The molecule has 2 aromatic carbocycles. The van der Waals surface area contributed by atoms with Crippen LogP contribution in [0.4, 0.5) is 10.1 Å². The molecule has 0 fully saturated rings. The van der Waals surface area contributed by atoms with Crippen LogP contribution in [0.2, 0.25) is 0 Å². The number of likely N-dealkylation sites (N-methyl/N-ethyl adjacent to an activating group) is 1. The van der Waals surface area contributed by atoms with E-state index in [0.717, 1.165) is 17.0 Å². The molecule has 0 amide bonds. The second-order valence-corrected chi connectivity index (χ2v) is 4.84. The number of anilines is 1. The van der Waals surface area contributed by atoms with Gasteiger partial charge in [0.15, 0.2) is 0 Å². The van der Waals surface area contributed by atoms with Crippen LogP contribution >= 0.6 is 0 Å². The van der Waals surface area contributed by atoms with Crippen molar-refractivity contribution in [3.63, 3.8) is 0 Å². The number of nitrogens with zero attached hydrogens (tertiary/aromatic N) is 1. The summed E-state index contributed by atoms with van der Waals surface area (Å²) in [5.41, 5.74) is 7.96. The molecule has 2 N–H and O–H groups in total. The van der Waals surface area contributed by atoms with Crippen LogP contribution in [0.1, 0.15) is 18.5 Å². The van der Waals surface area contributed by atoms with Gasteiger partial charge in [0.2, 0.25) is 0 Å². The van der Waals surface area contributed by atoms with E-state index in [-0.39, 0.29) is 11.9 Å². The summed E-state index contributed by atoms with van der Waals surface area (Å²) < 4.78 is 18.5. The lowest BCUT2D eigenvalue weighted by Gasteiger charge is -2.29. The SMILES string of the molecule is CCOc1ccc(C(CN)N(C)c2ccc(F)cc2)cc1. The van der Waals surface area contributed by atoms with Gasteiger partial charge in [-0.1, -0.05) is 12.1 Å². The highest BCUT2D eigenvalue weighted by Crippen LogP contribution is 2.26. The number of nitrogens with two attached hydrogens (primary N) is 1. The number of hydrogen-bond acceptors (Lipinski definition) is 3. The van der Waals surface area contributed by atoms with Crippen molar-refractivity contribution in [1.29, 1.82) is 0 Å². The standard InChI is InChI=1S/C17H21FN2O/c1-3-21-16-10-4-13(5-11-16)17(12-19)20(2)15-8-6-14(18)7-9-15/h4-11,17H,3,12,19H2,1-2H3. The molecular formula is C17H21FN2O. The van der Waals surface area contributed by atoms with Gasteiger partial charge in [-0.15, -0.1) is 0 Å². The lowest BCUT2D eigenvalue weighted by molar-refractivity contribution is 0.340. The van der Waals surface area contributed by atoms with E-state index in [0.29, 0.717) is 13.2 Å². The Morgan fingerprint density at radius 3 is 2.24 bits per heavy atom. The van der Waals surface area contributed by atoms with E-state index >= 15 is 0 Å². The maximum absolute atomic E-state index is 13.0. The molecule has 0 saturated carbocycles. The van der Waals surface area contributed by atoms with E-state index in [1.54, 1.807) is 12.1 Å². The minimum atomic E-state index is -0.238. The monoisotopic (exact) mass is 288 g/mol. The first kappa shape index (κ1) is 15.3. The summed E-state index contributed by atoms with van der Waals surface area (Å²) in [4.78, 5) is 2.05. The fourth-order valence-electron chi connectivity index (χ4n) is 2.33. The quantitative estimate of drug-likeness (QED) is 0.886. The second-order valence-electron chi connectivity index (χ2n) is 4.84. The molecule has 1 atom stereocenters. The van der Waals surface area contributed by atoms with Gasteiger partial charge in [0, 0.05) is 19.3 Å². The number of hydrogen-bond donors (Lipinski definition) is 1. The molecule has 0 saturated heterocycles. The van der Waals surface area contributed by atoms with E-state index in [4.69, 9.17) is 10.5 Å².